The zero-order chi connectivity index (χ0) is 18.2. The molecule has 7 heteroatoms. The first kappa shape index (κ1) is 15.7. The third-order valence-electron chi connectivity index (χ3n) is 4.94. The number of amides is 1. The Morgan fingerprint density at radius 2 is 1.96 bits per heavy atom. The number of hydrogen-bond acceptors (Lipinski definition) is 5. The SMILES string of the molecule is O=C(c1nccc2cc(Nc3n[nH]c4cccnc34)ccc12)N1CCCC1. The van der Waals surface area contributed by atoms with E-state index in [0.717, 1.165) is 53.4 Å². The Labute approximate surface area is 155 Å². The summed E-state index contributed by atoms with van der Waals surface area (Å²) in [5.74, 6) is 0.689. The molecule has 0 saturated carbocycles. The van der Waals surface area contributed by atoms with Gasteiger partial charge in [0, 0.05) is 36.6 Å². The number of nitrogens with one attached hydrogen (secondary N) is 2. The van der Waals surface area contributed by atoms with Gasteiger partial charge in [-0.2, -0.15) is 5.10 Å². The van der Waals surface area contributed by atoms with Gasteiger partial charge in [0.15, 0.2) is 5.82 Å². The molecule has 27 heavy (non-hydrogen) atoms. The maximum atomic E-state index is 12.8. The Balaban J connectivity index is 1.50. The first-order valence-corrected chi connectivity index (χ1v) is 9.04. The third-order valence-corrected chi connectivity index (χ3v) is 4.94. The third kappa shape index (κ3) is 2.77. The summed E-state index contributed by atoms with van der Waals surface area (Å²) < 4.78 is 0. The van der Waals surface area contributed by atoms with Crippen LogP contribution >= 0.6 is 0 Å². The lowest BCUT2D eigenvalue weighted by atomic mass is 10.1. The van der Waals surface area contributed by atoms with Gasteiger partial charge in [0.2, 0.25) is 0 Å². The van der Waals surface area contributed by atoms with Gasteiger partial charge >= 0.3 is 0 Å². The average Bonchev–Trinajstić information content (AvgIpc) is 3.38. The smallest absolute Gasteiger partial charge is 0.273 e. The maximum absolute atomic E-state index is 12.8. The van der Waals surface area contributed by atoms with E-state index in [4.69, 9.17) is 0 Å². The summed E-state index contributed by atoms with van der Waals surface area (Å²) >= 11 is 0. The van der Waals surface area contributed by atoms with Crippen LogP contribution in [-0.4, -0.2) is 44.1 Å². The van der Waals surface area contributed by atoms with Gasteiger partial charge in [-0.05, 0) is 54.6 Å². The highest BCUT2D eigenvalue weighted by atomic mass is 16.2. The summed E-state index contributed by atoms with van der Waals surface area (Å²) in [6.07, 6.45) is 5.57. The van der Waals surface area contributed by atoms with Crippen molar-refractivity contribution in [3.8, 4) is 0 Å². The first-order valence-electron chi connectivity index (χ1n) is 9.04. The van der Waals surface area contributed by atoms with E-state index in [-0.39, 0.29) is 5.91 Å². The molecule has 0 spiro atoms. The topological polar surface area (TPSA) is 86.8 Å². The van der Waals surface area contributed by atoms with Gasteiger partial charge in [-0.15, -0.1) is 0 Å². The van der Waals surface area contributed by atoms with Crippen LogP contribution in [0.1, 0.15) is 23.3 Å². The number of aromatic nitrogens is 4. The summed E-state index contributed by atoms with van der Waals surface area (Å²) in [7, 11) is 0. The quantitative estimate of drug-likeness (QED) is 0.585. The van der Waals surface area contributed by atoms with Crippen molar-refractivity contribution in [2.24, 2.45) is 0 Å². The molecule has 5 rings (SSSR count). The van der Waals surface area contributed by atoms with Gasteiger partial charge in [0.25, 0.3) is 5.91 Å². The van der Waals surface area contributed by atoms with E-state index >= 15 is 0 Å². The van der Waals surface area contributed by atoms with Crippen molar-refractivity contribution in [3.63, 3.8) is 0 Å². The first-order chi connectivity index (χ1) is 13.3. The number of carbonyl (C=O) groups excluding carboxylic acids is 1. The zero-order valence-corrected chi connectivity index (χ0v) is 14.6. The molecule has 0 bridgehead atoms. The Hall–Kier alpha value is -3.48. The number of pyridine rings is 2. The molecule has 4 heterocycles. The number of anilines is 2. The fourth-order valence-corrected chi connectivity index (χ4v) is 3.57. The molecule has 1 fully saturated rings. The molecule has 1 amide bonds. The van der Waals surface area contributed by atoms with E-state index in [1.54, 1.807) is 12.4 Å². The molecule has 0 atom stereocenters. The maximum Gasteiger partial charge on any atom is 0.273 e. The largest absolute Gasteiger partial charge is 0.337 e. The molecule has 7 nitrogen and oxygen atoms in total. The number of rotatable bonds is 3. The second-order valence-electron chi connectivity index (χ2n) is 6.69. The molecule has 1 aliphatic rings. The van der Waals surface area contributed by atoms with E-state index in [9.17, 15) is 4.79 Å². The second-order valence-corrected chi connectivity index (χ2v) is 6.69. The van der Waals surface area contributed by atoms with E-state index in [0.29, 0.717) is 11.5 Å². The summed E-state index contributed by atoms with van der Waals surface area (Å²) in [5, 5.41) is 12.4. The molecule has 4 aromatic rings. The van der Waals surface area contributed by atoms with Gasteiger partial charge in [-0.25, -0.2) is 0 Å². The second kappa shape index (κ2) is 6.35. The van der Waals surface area contributed by atoms with Crippen LogP contribution in [0.2, 0.25) is 0 Å². The predicted octanol–water partition coefficient (Wildman–Crippen LogP) is 3.49. The minimum Gasteiger partial charge on any atom is -0.337 e. The fourth-order valence-electron chi connectivity index (χ4n) is 3.57. The zero-order valence-electron chi connectivity index (χ0n) is 14.6. The van der Waals surface area contributed by atoms with Crippen molar-refractivity contribution in [1.29, 1.82) is 0 Å². The summed E-state index contributed by atoms with van der Waals surface area (Å²) in [6, 6.07) is 11.6. The van der Waals surface area contributed by atoms with Crippen LogP contribution in [0, 0.1) is 0 Å². The van der Waals surface area contributed by atoms with Crippen LogP contribution in [0.3, 0.4) is 0 Å². The van der Waals surface area contributed by atoms with Gasteiger partial charge in [0.1, 0.15) is 11.2 Å². The molecule has 0 aliphatic carbocycles. The number of nitrogens with zero attached hydrogens (tertiary/aromatic N) is 4. The molecule has 0 unspecified atom stereocenters. The van der Waals surface area contributed by atoms with E-state index in [1.807, 2.05) is 41.3 Å². The van der Waals surface area contributed by atoms with Crippen LogP contribution in [0.25, 0.3) is 21.8 Å². The Bertz CT molecular complexity index is 1150. The lowest BCUT2D eigenvalue weighted by Crippen LogP contribution is -2.28. The number of fused-ring (bicyclic) bond motifs is 2. The molecule has 1 aliphatic heterocycles. The Morgan fingerprint density at radius 1 is 1.07 bits per heavy atom. The molecule has 134 valence electrons. The molecule has 3 aromatic heterocycles. The minimum atomic E-state index is 0.0151. The van der Waals surface area contributed by atoms with Gasteiger partial charge in [-0.3, -0.25) is 19.9 Å². The number of H-pyrrole nitrogens is 1. The van der Waals surface area contributed by atoms with Crippen LogP contribution < -0.4 is 5.32 Å². The van der Waals surface area contributed by atoms with Crippen molar-refractivity contribution < 1.29 is 4.79 Å². The lowest BCUT2D eigenvalue weighted by molar-refractivity contribution is 0.0789. The number of hydrogen-bond donors (Lipinski definition) is 2. The Morgan fingerprint density at radius 3 is 2.85 bits per heavy atom. The van der Waals surface area contributed by atoms with Crippen molar-refractivity contribution in [1.82, 2.24) is 25.1 Å². The fraction of sp³-hybridized carbons (Fsp3) is 0.200. The molecule has 0 radical (unpaired) electrons. The number of aromatic amines is 1. The lowest BCUT2D eigenvalue weighted by Gasteiger charge is -2.16. The van der Waals surface area contributed by atoms with Crippen molar-refractivity contribution in [2.45, 2.75) is 12.8 Å². The predicted molar refractivity (Wildman–Crippen MR) is 104 cm³/mol. The van der Waals surface area contributed by atoms with Crippen LogP contribution in [-0.2, 0) is 0 Å². The van der Waals surface area contributed by atoms with E-state index in [1.165, 1.54) is 0 Å². The van der Waals surface area contributed by atoms with Gasteiger partial charge < -0.3 is 10.2 Å². The number of likely N-dealkylation sites (tertiary alicyclic amines) is 1. The highest BCUT2D eigenvalue weighted by molar-refractivity contribution is 6.06. The summed E-state index contributed by atoms with van der Waals surface area (Å²) in [6.45, 7) is 1.63. The van der Waals surface area contributed by atoms with Crippen molar-refractivity contribution >= 4 is 39.2 Å². The van der Waals surface area contributed by atoms with E-state index < -0.39 is 0 Å². The highest BCUT2D eigenvalue weighted by Gasteiger charge is 2.22. The number of carbonyl (C=O) groups is 1. The van der Waals surface area contributed by atoms with Crippen molar-refractivity contribution in [3.05, 3.63) is 54.5 Å². The molecule has 2 N–H and O–H groups in total. The van der Waals surface area contributed by atoms with Crippen LogP contribution in [0.4, 0.5) is 11.5 Å². The molecular formula is C20H18N6O. The summed E-state index contributed by atoms with van der Waals surface area (Å²) in [5.41, 5.74) is 3.07. The standard InChI is InChI=1S/C20H18N6O/c27-20(26-10-1-2-11-26)17-15-6-5-14(12-13(15)7-9-22-17)23-19-18-16(24-25-19)4-3-8-21-18/h3-9,12H,1-2,10-11H2,(H2,23,24,25). The molecule has 1 aromatic carbocycles. The monoisotopic (exact) mass is 358 g/mol. The highest BCUT2D eigenvalue weighted by Crippen LogP contribution is 2.26. The van der Waals surface area contributed by atoms with Crippen LogP contribution in [0.5, 0.6) is 0 Å². The summed E-state index contributed by atoms with van der Waals surface area (Å²) in [4.78, 5) is 23.4. The van der Waals surface area contributed by atoms with Crippen molar-refractivity contribution in [2.75, 3.05) is 18.4 Å². The van der Waals surface area contributed by atoms with Crippen LogP contribution in [0.15, 0.2) is 48.8 Å². The van der Waals surface area contributed by atoms with Gasteiger partial charge in [0.05, 0.1) is 5.52 Å². The van der Waals surface area contributed by atoms with E-state index in [2.05, 4.69) is 25.5 Å². The van der Waals surface area contributed by atoms with Gasteiger partial charge in [-0.1, -0.05) is 0 Å². The number of benzene rings is 1. The average molecular weight is 358 g/mol. The Kier molecular flexibility index (Phi) is 3.71. The molecular weight excluding hydrogens is 340 g/mol. The molecule has 1 saturated heterocycles. The minimum absolute atomic E-state index is 0.0151. The normalized spacial score (nSPS) is 14.1.